The molecule has 31 heavy (non-hydrogen) atoms. The number of amides is 1. The smallest absolute Gasteiger partial charge is 0.255 e. The van der Waals surface area contributed by atoms with E-state index in [2.05, 4.69) is 10.3 Å². The van der Waals surface area contributed by atoms with Gasteiger partial charge in [0.15, 0.2) is 0 Å². The molecule has 0 atom stereocenters. The number of nitrogens with zero attached hydrogens (tertiary/aromatic N) is 3. The predicted molar refractivity (Wildman–Crippen MR) is 117 cm³/mol. The minimum Gasteiger partial charge on any atom is -0.379 e. The molecule has 2 aromatic carbocycles. The maximum atomic E-state index is 12.9. The van der Waals surface area contributed by atoms with E-state index in [0.717, 1.165) is 5.69 Å². The lowest BCUT2D eigenvalue weighted by atomic mass is 10.1. The van der Waals surface area contributed by atoms with E-state index in [1.54, 1.807) is 54.5 Å². The Labute approximate surface area is 185 Å². The summed E-state index contributed by atoms with van der Waals surface area (Å²) in [6.45, 7) is 3.05. The monoisotopic (exact) mass is 460 g/mol. The zero-order valence-corrected chi connectivity index (χ0v) is 18.4. The van der Waals surface area contributed by atoms with E-state index in [0.29, 0.717) is 42.6 Å². The first kappa shape index (κ1) is 21.5. The van der Waals surface area contributed by atoms with Crippen LogP contribution in [0, 0.1) is 6.92 Å². The number of halogens is 1. The van der Waals surface area contributed by atoms with Crippen LogP contribution in [-0.4, -0.2) is 54.5 Å². The van der Waals surface area contributed by atoms with Gasteiger partial charge in [0.2, 0.25) is 10.0 Å². The number of morpholine rings is 1. The minimum atomic E-state index is -3.70. The molecule has 1 saturated heterocycles. The van der Waals surface area contributed by atoms with Crippen LogP contribution in [0.1, 0.15) is 15.9 Å². The summed E-state index contributed by atoms with van der Waals surface area (Å²) in [7, 11) is -3.70. The molecule has 0 spiro atoms. The van der Waals surface area contributed by atoms with Crippen LogP contribution in [-0.2, 0) is 14.8 Å². The van der Waals surface area contributed by atoms with Crippen molar-refractivity contribution in [2.45, 2.75) is 11.8 Å². The fraction of sp³-hybridized carbons (Fsp3) is 0.238. The molecule has 0 unspecified atom stereocenters. The Morgan fingerprint density at radius 1 is 1.16 bits per heavy atom. The summed E-state index contributed by atoms with van der Waals surface area (Å²) in [6.07, 6.45) is 5.04. The predicted octanol–water partition coefficient (Wildman–Crippen LogP) is 3.11. The highest BCUT2D eigenvalue weighted by Crippen LogP contribution is 2.26. The molecule has 0 radical (unpaired) electrons. The Bertz CT molecular complexity index is 1210. The van der Waals surface area contributed by atoms with E-state index < -0.39 is 15.9 Å². The summed E-state index contributed by atoms with van der Waals surface area (Å²) in [5.74, 6) is -0.414. The number of rotatable bonds is 5. The standard InChI is InChI=1S/C21H21ClN4O4S/c1-15-2-4-17(31(28,29)26-8-10-30-11-9-26)13-18(15)21(27)24-16-3-5-20(19(22)12-16)25-7-6-23-14-25/h2-7,12-14H,8-11H2,1H3,(H,24,27). The van der Waals surface area contributed by atoms with Crippen LogP contribution < -0.4 is 5.32 Å². The first-order chi connectivity index (χ1) is 14.9. The van der Waals surface area contributed by atoms with Gasteiger partial charge in [-0.15, -0.1) is 0 Å². The Balaban J connectivity index is 1.57. The van der Waals surface area contributed by atoms with Gasteiger partial charge in [0.05, 0.1) is 35.1 Å². The van der Waals surface area contributed by atoms with Gasteiger partial charge in [-0.2, -0.15) is 4.31 Å². The van der Waals surface area contributed by atoms with Crippen molar-refractivity contribution in [3.8, 4) is 5.69 Å². The van der Waals surface area contributed by atoms with Gasteiger partial charge in [-0.1, -0.05) is 17.7 Å². The molecule has 0 saturated carbocycles. The molecule has 2 heterocycles. The third-order valence-corrected chi connectivity index (χ3v) is 7.25. The number of nitrogens with one attached hydrogen (secondary N) is 1. The molecule has 4 rings (SSSR count). The highest BCUT2D eigenvalue weighted by Gasteiger charge is 2.27. The summed E-state index contributed by atoms with van der Waals surface area (Å²) in [5.41, 5.74) is 2.18. The number of imidazole rings is 1. The molecule has 10 heteroatoms. The third kappa shape index (κ3) is 4.49. The van der Waals surface area contributed by atoms with Crippen molar-refractivity contribution < 1.29 is 17.9 Å². The highest BCUT2D eigenvalue weighted by molar-refractivity contribution is 7.89. The summed E-state index contributed by atoms with van der Waals surface area (Å²) < 4.78 is 34.2. The zero-order valence-electron chi connectivity index (χ0n) is 16.8. The van der Waals surface area contributed by atoms with Crippen molar-refractivity contribution >= 4 is 33.2 Å². The number of ether oxygens (including phenoxy) is 1. The maximum absolute atomic E-state index is 12.9. The Morgan fingerprint density at radius 3 is 2.61 bits per heavy atom. The molecular formula is C21H21ClN4O4S. The van der Waals surface area contributed by atoms with Crippen molar-refractivity contribution in [3.63, 3.8) is 0 Å². The van der Waals surface area contributed by atoms with Gasteiger partial charge < -0.3 is 14.6 Å². The van der Waals surface area contributed by atoms with Gasteiger partial charge in [-0.3, -0.25) is 4.79 Å². The number of carbonyl (C=O) groups is 1. The number of benzene rings is 2. The van der Waals surface area contributed by atoms with Gasteiger partial charge in [0.1, 0.15) is 0 Å². The lowest BCUT2D eigenvalue weighted by molar-refractivity contribution is 0.0730. The molecule has 3 aromatic rings. The SMILES string of the molecule is Cc1ccc(S(=O)(=O)N2CCOCC2)cc1C(=O)Nc1ccc(-n2ccnc2)c(Cl)c1. The second kappa shape index (κ2) is 8.80. The summed E-state index contributed by atoms with van der Waals surface area (Å²) >= 11 is 6.36. The molecule has 1 fully saturated rings. The second-order valence-electron chi connectivity index (χ2n) is 7.08. The number of carbonyl (C=O) groups excluding carboxylic acids is 1. The molecule has 1 aliphatic heterocycles. The fourth-order valence-electron chi connectivity index (χ4n) is 3.34. The molecule has 8 nitrogen and oxygen atoms in total. The van der Waals surface area contributed by atoms with Gasteiger partial charge in [0, 0.05) is 36.7 Å². The van der Waals surface area contributed by atoms with Crippen LogP contribution >= 0.6 is 11.6 Å². The third-order valence-electron chi connectivity index (χ3n) is 5.05. The van der Waals surface area contributed by atoms with Crippen LogP contribution in [0.3, 0.4) is 0 Å². The van der Waals surface area contributed by atoms with Gasteiger partial charge >= 0.3 is 0 Å². The van der Waals surface area contributed by atoms with Crippen LogP contribution in [0.5, 0.6) is 0 Å². The normalized spacial score (nSPS) is 15.0. The molecule has 0 bridgehead atoms. The maximum Gasteiger partial charge on any atom is 0.255 e. The number of aromatic nitrogens is 2. The first-order valence-corrected chi connectivity index (χ1v) is 11.5. The second-order valence-corrected chi connectivity index (χ2v) is 9.43. The average Bonchev–Trinajstić information content (AvgIpc) is 3.29. The highest BCUT2D eigenvalue weighted by atomic mass is 35.5. The minimum absolute atomic E-state index is 0.0821. The van der Waals surface area contributed by atoms with Crippen molar-refractivity contribution in [2.75, 3.05) is 31.6 Å². The molecule has 1 aromatic heterocycles. The summed E-state index contributed by atoms with van der Waals surface area (Å²) in [6, 6.07) is 9.70. The number of sulfonamides is 1. The van der Waals surface area contributed by atoms with Crippen molar-refractivity contribution in [1.82, 2.24) is 13.9 Å². The Kier molecular flexibility index (Phi) is 6.10. The zero-order chi connectivity index (χ0) is 22.0. The number of hydrogen-bond donors (Lipinski definition) is 1. The topological polar surface area (TPSA) is 93.5 Å². The van der Waals surface area contributed by atoms with E-state index in [9.17, 15) is 13.2 Å². The van der Waals surface area contributed by atoms with Gasteiger partial charge in [0.25, 0.3) is 5.91 Å². The molecule has 1 aliphatic rings. The number of aryl methyl sites for hydroxylation is 1. The quantitative estimate of drug-likeness (QED) is 0.631. The van der Waals surface area contributed by atoms with Gasteiger partial charge in [-0.25, -0.2) is 13.4 Å². The van der Waals surface area contributed by atoms with Crippen LogP contribution in [0.2, 0.25) is 5.02 Å². The van der Waals surface area contributed by atoms with E-state index in [-0.39, 0.29) is 10.5 Å². The Morgan fingerprint density at radius 2 is 1.94 bits per heavy atom. The largest absolute Gasteiger partial charge is 0.379 e. The van der Waals surface area contributed by atoms with Crippen molar-refractivity contribution in [2.24, 2.45) is 0 Å². The summed E-state index contributed by atoms with van der Waals surface area (Å²) in [5, 5.41) is 3.23. The van der Waals surface area contributed by atoms with Crippen LogP contribution in [0.25, 0.3) is 5.69 Å². The van der Waals surface area contributed by atoms with Crippen molar-refractivity contribution in [1.29, 1.82) is 0 Å². The van der Waals surface area contributed by atoms with E-state index in [1.807, 2.05) is 0 Å². The van der Waals surface area contributed by atoms with Crippen LogP contribution in [0.4, 0.5) is 5.69 Å². The van der Waals surface area contributed by atoms with Crippen LogP contribution in [0.15, 0.2) is 60.0 Å². The summed E-state index contributed by atoms with van der Waals surface area (Å²) in [4.78, 5) is 17.0. The fourth-order valence-corrected chi connectivity index (χ4v) is 5.05. The Hall–Kier alpha value is -2.72. The lowest BCUT2D eigenvalue weighted by Crippen LogP contribution is -2.40. The van der Waals surface area contributed by atoms with Gasteiger partial charge in [-0.05, 0) is 42.8 Å². The molecule has 0 aliphatic carbocycles. The molecule has 162 valence electrons. The number of hydrogen-bond acceptors (Lipinski definition) is 5. The molecular weight excluding hydrogens is 440 g/mol. The van der Waals surface area contributed by atoms with E-state index >= 15 is 0 Å². The van der Waals surface area contributed by atoms with Crippen molar-refractivity contribution in [3.05, 3.63) is 71.3 Å². The van der Waals surface area contributed by atoms with E-state index in [4.69, 9.17) is 16.3 Å². The molecule has 1 N–H and O–H groups in total. The average molecular weight is 461 g/mol. The van der Waals surface area contributed by atoms with E-state index in [1.165, 1.54) is 16.4 Å². The number of anilines is 1. The molecule has 1 amide bonds. The first-order valence-electron chi connectivity index (χ1n) is 9.64. The lowest BCUT2D eigenvalue weighted by Gasteiger charge is -2.26.